The molecule has 2 heteroatoms. The minimum atomic E-state index is -0.257. The number of carbonyl (C=O) groups excluding carboxylic acids is 1. The van der Waals surface area contributed by atoms with E-state index in [1.54, 1.807) is 19.1 Å². The van der Waals surface area contributed by atoms with E-state index in [1.807, 2.05) is 0 Å². The van der Waals surface area contributed by atoms with Crippen LogP contribution in [0, 0.1) is 18.2 Å². The first kappa shape index (κ1) is 12.9. The van der Waals surface area contributed by atoms with Crippen LogP contribution in [0.15, 0.2) is 18.2 Å². The van der Waals surface area contributed by atoms with Crippen LogP contribution in [0.25, 0.3) is 0 Å². The van der Waals surface area contributed by atoms with Gasteiger partial charge in [0, 0.05) is 12.0 Å². The molecule has 1 nitrogen and oxygen atoms in total. The molecule has 0 atom stereocenters. The van der Waals surface area contributed by atoms with E-state index >= 15 is 0 Å². The summed E-state index contributed by atoms with van der Waals surface area (Å²) < 4.78 is 13.0. The molecule has 0 spiro atoms. The molecule has 0 amide bonds. The van der Waals surface area contributed by atoms with Crippen LogP contribution < -0.4 is 0 Å². The molecule has 0 bridgehead atoms. The van der Waals surface area contributed by atoms with E-state index in [9.17, 15) is 9.18 Å². The molecule has 0 saturated carbocycles. The molecule has 0 aliphatic rings. The zero-order valence-electron chi connectivity index (χ0n) is 10.4. The van der Waals surface area contributed by atoms with Gasteiger partial charge in [-0.15, -0.1) is 0 Å². The Kier molecular flexibility index (Phi) is 3.84. The van der Waals surface area contributed by atoms with Crippen molar-refractivity contribution in [3.8, 4) is 0 Å². The van der Waals surface area contributed by atoms with Gasteiger partial charge in [0.05, 0.1) is 0 Å². The van der Waals surface area contributed by atoms with Crippen LogP contribution in [-0.4, -0.2) is 5.78 Å². The lowest BCUT2D eigenvalue weighted by atomic mass is 9.88. The molecule has 1 aromatic rings. The predicted molar refractivity (Wildman–Crippen MR) is 64.2 cm³/mol. The second kappa shape index (κ2) is 4.77. The van der Waals surface area contributed by atoms with Crippen molar-refractivity contribution in [3.63, 3.8) is 0 Å². The van der Waals surface area contributed by atoms with Gasteiger partial charge < -0.3 is 0 Å². The molecule has 1 rings (SSSR count). The number of Topliss-reactive ketones (excluding diaryl/α,β-unsaturated/α-hetero) is 1. The van der Waals surface area contributed by atoms with Gasteiger partial charge in [-0.3, -0.25) is 4.79 Å². The van der Waals surface area contributed by atoms with Gasteiger partial charge >= 0.3 is 0 Å². The Morgan fingerprint density at radius 3 is 2.44 bits per heavy atom. The Morgan fingerprint density at radius 1 is 1.31 bits per heavy atom. The average molecular weight is 222 g/mol. The Labute approximate surface area is 96.7 Å². The fraction of sp³-hybridized carbons (Fsp3) is 0.500. The summed E-state index contributed by atoms with van der Waals surface area (Å²) in [5, 5.41) is 0. The number of carbonyl (C=O) groups is 1. The summed E-state index contributed by atoms with van der Waals surface area (Å²) in [4.78, 5) is 11.8. The molecule has 0 aliphatic heterocycles. The van der Waals surface area contributed by atoms with Crippen LogP contribution >= 0.6 is 0 Å². The first-order valence-corrected chi connectivity index (χ1v) is 5.59. The van der Waals surface area contributed by atoms with Gasteiger partial charge in [-0.25, -0.2) is 4.39 Å². The van der Waals surface area contributed by atoms with Crippen molar-refractivity contribution in [2.75, 3.05) is 0 Å². The molecule has 0 saturated heterocycles. The van der Waals surface area contributed by atoms with Crippen LogP contribution in [0.1, 0.15) is 49.5 Å². The van der Waals surface area contributed by atoms with E-state index in [0.29, 0.717) is 17.5 Å². The standard InChI is InChI=1S/C14H19FO/c1-10-9-11(5-6-12(10)15)13(16)7-8-14(2,3)4/h5-6,9H,7-8H2,1-4H3. The summed E-state index contributed by atoms with van der Waals surface area (Å²) >= 11 is 0. The van der Waals surface area contributed by atoms with Gasteiger partial charge in [0.2, 0.25) is 0 Å². The van der Waals surface area contributed by atoms with E-state index in [-0.39, 0.29) is 17.0 Å². The fourth-order valence-electron chi connectivity index (χ4n) is 1.45. The maximum Gasteiger partial charge on any atom is 0.162 e. The second-order valence-corrected chi connectivity index (χ2v) is 5.45. The third-order valence-electron chi connectivity index (χ3n) is 2.58. The number of aryl methyl sites for hydroxylation is 1. The number of halogens is 1. The number of ketones is 1. The van der Waals surface area contributed by atoms with E-state index in [0.717, 1.165) is 6.42 Å². The van der Waals surface area contributed by atoms with Gasteiger partial charge in [-0.1, -0.05) is 20.8 Å². The van der Waals surface area contributed by atoms with Crippen LogP contribution in [0.5, 0.6) is 0 Å². The Hall–Kier alpha value is -1.18. The highest BCUT2D eigenvalue weighted by molar-refractivity contribution is 5.96. The summed E-state index contributed by atoms with van der Waals surface area (Å²) in [5.41, 5.74) is 1.30. The largest absolute Gasteiger partial charge is 0.294 e. The minimum Gasteiger partial charge on any atom is -0.294 e. The van der Waals surface area contributed by atoms with Crippen LogP contribution in [0.4, 0.5) is 4.39 Å². The smallest absolute Gasteiger partial charge is 0.162 e. The summed E-state index contributed by atoms with van der Waals surface area (Å²) in [6.45, 7) is 8.00. The SMILES string of the molecule is Cc1cc(C(=O)CCC(C)(C)C)ccc1F. The minimum absolute atomic E-state index is 0.0954. The molecule has 0 unspecified atom stereocenters. The topological polar surface area (TPSA) is 17.1 Å². The molecule has 0 N–H and O–H groups in total. The Bertz CT molecular complexity index is 388. The number of hydrogen-bond donors (Lipinski definition) is 0. The van der Waals surface area contributed by atoms with E-state index in [4.69, 9.17) is 0 Å². The van der Waals surface area contributed by atoms with Gasteiger partial charge in [0.25, 0.3) is 0 Å². The number of benzene rings is 1. The van der Waals surface area contributed by atoms with Gasteiger partial charge in [0.1, 0.15) is 5.82 Å². The maximum atomic E-state index is 13.0. The van der Waals surface area contributed by atoms with Crippen molar-refractivity contribution < 1.29 is 9.18 Å². The summed E-state index contributed by atoms with van der Waals surface area (Å²) in [6.07, 6.45) is 1.37. The van der Waals surface area contributed by atoms with Gasteiger partial charge in [0.15, 0.2) is 5.78 Å². The predicted octanol–water partition coefficient (Wildman–Crippen LogP) is 4.14. The normalized spacial score (nSPS) is 11.6. The first-order chi connectivity index (χ1) is 7.29. The molecule has 88 valence electrons. The number of hydrogen-bond acceptors (Lipinski definition) is 1. The molecule has 0 aliphatic carbocycles. The second-order valence-electron chi connectivity index (χ2n) is 5.45. The van der Waals surface area contributed by atoms with Gasteiger partial charge in [-0.2, -0.15) is 0 Å². The summed E-state index contributed by atoms with van der Waals surface area (Å²) in [5.74, 6) is -0.162. The quantitative estimate of drug-likeness (QED) is 0.702. The third kappa shape index (κ3) is 3.76. The lowest BCUT2D eigenvalue weighted by Crippen LogP contribution is -2.09. The third-order valence-corrected chi connectivity index (χ3v) is 2.58. The fourth-order valence-corrected chi connectivity index (χ4v) is 1.45. The molecule has 0 radical (unpaired) electrons. The average Bonchev–Trinajstić information content (AvgIpc) is 2.17. The van der Waals surface area contributed by atoms with E-state index in [1.165, 1.54) is 6.07 Å². The lowest BCUT2D eigenvalue weighted by Gasteiger charge is -2.17. The molecule has 16 heavy (non-hydrogen) atoms. The van der Waals surface area contributed by atoms with Crippen molar-refractivity contribution in [1.29, 1.82) is 0 Å². The van der Waals surface area contributed by atoms with Crippen LogP contribution in [-0.2, 0) is 0 Å². The molecule has 0 fully saturated rings. The maximum absolute atomic E-state index is 13.0. The van der Waals surface area contributed by atoms with Gasteiger partial charge in [-0.05, 0) is 42.5 Å². The molecule has 0 heterocycles. The molecule has 1 aromatic carbocycles. The highest BCUT2D eigenvalue weighted by Crippen LogP contribution is 2.22. The monoisotopic (exact) mass is 222 g/mol. The molecule has 0 aromatic heterocycles. The zero-order chi connectivity index (χ0) is 12.3. The van der Waals surface area contributed by atoms with Crippen molar-refractivity contribution in [1.82, 2.24) is 0 Å². The Morgan fingerprint density at radius 2 is 1.94 bits per heavy atom. The van der Waals surface area contributed by atoms with E-state index in [2.05, 4.69) is 20.8 Å². The highest BCUT2D eigenvalue weighted by Gasteiger charge is 2.14. The zero-order valence-corrected chi connectivity index (χ0v) is 10.4. The van der Waals surface area contributed by atoms with E-state index < -0.39 is 0 Å². The lowest BCUT2D eigenvalue weighted by molar-refractivity contribution is 0.0966. The van der Waals surface area contributed by atoms with Crippen molar-refractivity contribution in [2.45, 2.75) is 40.5 Å². The summed E-state index contributed by atoms with van der Waals surface area (Å²) in [7, 11) is 0. The molecular formula is C14H19FO. The van der Waals surface area contributed by atoms with Crippen LogP contribution in [0.2, 0.25) is 0 Å². The molecular weight excluding hydrogens is 203 g/mol. The number of rotatable bonds is 3. The Balaban J connectivity index is 2.70. The summed E-state index contributed by atoms with van der Waals surface area (Å²) in [6, 6.07) is 4.55. The van der Waals surface area contributed by atoms with Crippen LogP contribution in [0.3, 0.4) is 0 Å². The highest BCUT2D eigenvalue weighted by atomic mass is 19.1. The first-order valence-electron chi connectivity index (χ1n) is 5.59. The van der Waals surface area contributed by atoms with Crippen molar-refractivity contribution in [3.05, 3.63) is 35.1 Å². The van der Waals surface area contributed by atoms with Crippen molar-refractivity contribution >= 4 is 5.78 Å². The van der Waals surface area contributed by atoms with Crippen molar-refractivity contribution in [2.24, 2.45) is 5.41 Å².